The summed E-state index contributed by atoms with van der Waals surface area (Å²) in [6.45, 7) is 11.4. The molecular weight excluding hydrogens is 312 g/mol. The van der Waals surface area contributed by atoms with E-state index in [0.717, 1.165) is 6.42 Å². The normalized spacial score (nSPS) is 34.8. The van der Waals surface area contributed by atoms with Crippen LogP contribution in [0.5, 0.6) is 0 Å². The second-order valence-electron chi connectivity index (χ2n) is 9.14. The van der Waals surface area contributed by atoms with Gasteiger partial charge in [-0.25, -0.2) is 4.79 Å². The molecule has 140 valence electrons. The van der Waals surface area contributed by atoms with Crippen LogP contribution in [0.3, 0.4) is 0 Å². The van der Waals surface area contributed by atoms with E-state index >= 15 is 0 Å². The zero-order chi connectivity index (χ0) is 18.3. The minimum Gasteiger partial charge on any atom is -0.447 e. The standard InChI is InChI=1S/C17H32N2O5/c1-16(2,3)8-17(4,5)9-18-14-12(21)6-11(20)13(22)10-7-24-15(23)19(10)14/h10-14,18,20-22H,6-9H2,1-5H3. The van der Waals surface area contributed by atoms with E-state index in [4.69, 9.17) is 4.74 Å². The Morgan fingerprint density at radius 3 is 2.38 bits per heavy atom. The van der Waals surface area contributed by atoms with Gasteiger partial charge in [0.2, 0.25) is 0 Å². The van der Waals surface area contributed by atoms with Crippen molar-refractivity contribution in [2.75, 3.05) is 13.2 Å². The third-order valence-corrected chi connectivity index (χ3v) is 4.68. The number of hydrogen-bond donors (Lipinski definition) is 4. The van der Waals surface area contributed by atoms with Crippen LogP contribution in [-0.2, 0) is 4.74 Å². The number of hydrogen-bond acceptors (Lipinski definition) is 6. The van der Waals surface area contributed by atoms with Crippen molar-refractivity contribution < 1.29 is 24.9 Å². The smallest absolute Gasteiger partial charge is 0.411 e. The molecule has 0 aromatic carbocycles. The molecule has 0 aromatic heterocycles. The summed E-state index contributed by atoms with van der Waals surface area (Å²) in [6.07, 6.45) is -3.46. The van der Waals surface area contributed by atoms with Crippen molar-refractivity contribution in [1.29, 1.82) is 0 Å². The zero-order valence-corrected chi connectivity index (χ0v) is 15.3. The molecule has 0 saturated carbocycles. The van der Waals surface area contributed by atoms with E-state index in [9.17, 15) is 20.1 Å². The molecular formula is C17H32N2O5. The monoisotopic (exact) mass is 344 g/mol. The van der Waals surface area contributed by atoms with Gasteiger partial charge in [-0.1, -0.05) is 34.6 Å². The maximum Gasteiger partial charge on any atom is 0.411 e. The molecule has 1 amide bonds. The second-order valence-corrected chi connectivity index (χ2v) is 9.14. The van der Waals surface area contributed by atoms with Gasteiger partial charge in [0.15, 0.2) is 0 Å². The summed E-state index contributed by atoms with van der Waals surface area (Å²) < 4.78 is 5.03. The number of nitrogens with one attached hydrogen (secondary N) is 1. The number of rotatable bonds is 4. The lowest BCUT2D eigenvalue weighted by molar-refractivity contribution is -0.0186. The summed E-state index contributed by atoms with van der Waals surface area (Å²) in [6, 6.07) is -0.645. The van der Waals surface area contributed by atoms with Crippen LogP contribution in [0, 0.1) is 10.8 Å². The predicted molar refractivity (Wildman–Crippen MR) is 89.3 cm³/mol. The molecule has 7 heteroatoms. The van der Waals surface area contributed by atoms with Gasteiger partial charge in [-0.05, 0) is 17.3 Å². The maximum atomic E-state index is 12.1. The minimum absolute atomic E-state index is 0.0127. The van der Waals surface area contributed by atoms with Crippen LogP contribution < -0.4 is 5.32 Å². The van der Waals surface area contributed by atoms with Crippen molar-refractivity contribution in [3.63, 3.8) is 0 Å². The number of amides is 1. The molecule has 2 aliphatic rings. The van der Waals surface area contributed by atoms with Crippen LogP contribution in [0.15, 0.2) is 0 Å². The molecule has 0 radical (unpaired) electrons. The molecule has 2 aliphatic heterocycles. The lowest BCUT2D eigenvalue weighted by atomic mass is 9.76. The Kier molecular flexibility index (Phi) is 5.49. The van der Waals surface area contributed by atoms with Gasteiger partial charge in [-0.2, -0.15) is 0 Å². The average Bonchev–Trinajstić information content (AvgIpc) is 2.73. The van der Waals surface area contributed by atoms with Crippen LogP contribution in [0.25, 0.3) is 0 Å². The third-order valence-electron chi connectivity index (χ3n) is 4.68. The number of aliphatic hydroxyl groups is 3. The maximum absolute atomic E-state index is 12.1. The van der Waals surface area contributed by atoms with Crippen molar-refractivity contribution in [3.8, 4) is 0 Å². The quantitative estimate of drug-likeness (QED) is 0.598. The van der Waals surface area contributed by atoms with Crippen molar-refractivity contribution in [3.05, 3.63) is 0 Å². The largest absolute Gasteiger partial charge is 0.447 e. The number of carbonyl (C=O) groups is 1. The highest BCUT2D eigenvalue weighted by molar-refractivity contribution is 5.71. The van der Waals surface area contributed by atoms with Gasteiger partial charge in [-0.15, -0.1) is 0 Å². The van der Waals surface area contributed by atoms with E-state index in [1.807, 2.05) is 0 Å². The topological polar surface area (TPSA) is 102 Å². The predicted octanol–water partition coefficient (Wildman–Crippen LogP) is 0.672. The van der Waals surface area contributed by atoms with E-state index in [0.29, 0.717) is 6.54 Å². The Hall–Kier alpha value is -0.890. The van der Waals surface area contributed by atoms with Crippen LogP contribution in [0.2, 0.25) is 0 Å². The van der Waals surface area contributed by atoms with Gasteiger partial charge in [0.05, 0.1) is 18.2 Å². The van der Waals surface area contributed by atoms with Crippen LogP contribution in [0.4, 0.5) is 4.79 Å². The number of aliphatic hydroxyl groups excluding tert-OH is 3. The first kappa shape index (κ1) is 19.4. The molecule has 4 N–H and O–H groups in total. The third kappa shape index (κ3) is 4.39. The van der Waals surface area contributed by atoms with E-state index < -0.39 is 36.6 Å². The molecule has 0 bridgehead atoms. The Morgan fingerprint density at radius 1 is 1.17 bits per heavy atom. The molecule has 5 unspecified atom stereocenters. The second kappa shape index (κ2) is 6.78. The van der Waals surface area contributed by atoms with Crippen LogP contribution in [0.1, 0.15) is 47.5 Å². The van der Waals surface area contributed by atoms with Gasteiger partial charge in [0.1, 0.15) is 18.9 Å². The molecule has 0 spiro atoms. The first-order valence-corrected chi connectivity index (χ1v) is 8.64. The first-order chi connectivity index (χ1) is 10.9. The van der Waals surface area contributed by atoms with Crippen molar-refractivity contribution in [1.82, 2.24) is 10.2 Å². The van der Waals surface area contributed by atoms with E-state index in [1.165, 1.54) is 4.90 Å². The number of carbonyl (C=O) groups excluding carboxylic acids is 1. The van der Waals surface area contributed by atoms with Crippen molar-refractivity contribution >= 4 is 6.09 Å². The van der Waals surface area contributed by atoms with Gasteiger partial charge in [-0.3, -0.25) is 10.2 Å². The summed E-state index contributed by atoms with van der Waals surface area (Å²) in [7, 11) is 0. The van der Waals surface area contributed by atoms with Crippen molar-refractivity contribution in [2.45, 2.75) is 78.0 Å². The number of cyclic esters (lactones) is 1. The minimum atomic E-state index is -1.12. The first-order valence-electron chi connectivity index (χ1n) is 8.64. The molecule has 2 heterocycles. The Bertz CT molecular complexity index is 462. The van der Waals surface area contributed by atoms with E-state index in [-0.39, 0.29) is 23.9 Å². The van der Waals surface area contributed by atoms with Crippen LogP contribution in [-0.4, -0.2) is 70.0 Å². The summed E-state index contributed by atoms with van der Waals surface area (Å²) in [5.74, 6) is 0. The highest BCUT2D eigenvalue weighted by atomic mass is 16.6. The zero-order valence-electron chi connectivity index (χ0n) is 15.3. The summed E-state index contributed by atoms with van der Waals surface area (Å²) in [5.41, 5.74) is 0.120. The van der Waals surface area contributed by atoms with Gasteiger partial charge in [0.25, 0.3) is 0 Å². The Balaban J connectivity index is 2.13. The molecule has 0 aliphatic carbocycles. The van der Waals surface area contributed by atoms with Gasteiger partial charge in [0, 0.05) is 13.0 Å². The molecule has 7 nitrogen and oxygen atoms in total. The highest BCUT2D eigenvalue weighted by Gasteiger charge is 2.49. The molecule has 2 fully saturated rings. The Labute approximate surface area is 144 Å². The van der Waals surface area contributed by atoms with E-state index in [1.54, 1.807) is 0 Å². The average molecular weight is 344 g/mol. The van der Waals surface area contributed by atoms with Gasteiger partial charge >= 0.3 is 6.09 Å². The Morgan fingerprint density at radius 2 is 1.79 bits per heavy atom. The summed E-state index contributed by atoms with van der Waals surface area (Å²) in [4.78, 5) is 13.4. The SMILES string of the molecule is CC(C)(C)CC(C)(C)CNC1C(O)CC(O)C(O)C2COC(=O)N21. The molecule has 2 saturated heterocycles. The van der Waals surface area contributed by atoms with Crippen molar-refractivity contribution in [2.24, 2.45) is 10.8 Å². The number of nitrogens with zero attached hydrogens (tertiary/aromatic N) is 1. The summed E-state index contributed by atoms with van der Waals surface area (Å²) >= 11 is 0. The van der Waals surface area contributed by atoms with E-state index in [2.05, 4.69) is 39.9 Å². The molecule has 5 atom stereocenters. The molecule has 0 aromatic rings. The molecule has 2 rings (SSSR count). The molecule has 24 heavy (non-hydrogen) atoms. The fourth-order valence-corrected chi connectivity index (χ4v) is 4.10. The fourth-order valence-electron chi connectivity index (χ4n) is 4.10. The van der Waals surface area contributed by atoms with Crippen LogP contribution >= 0.6 is 0 Å². The van der Waals surface area contributed by atoms with Gasteiger partial charge < -0.3 is 20.1 Å². The lowest BCUT2D eigenvalue weighted by Crippen LogP contribution is -2.58. The number of ether oxygens (including phenoxy) is 1. The lowest BCUT2D eigenvalue weighted by Gasteiger charge is -2.37. The number of fused-ring (bicyclic) bond motifs is 1. The highest BCUT2D eigenvalue weighted by Crippen LogP contribution is 2.33. The fraction of sp³-hybridized carbons (Fsp3) is 0.941. The summed E-state index contributed by atoms with van der Waals surface area (Å²) in [5, 5.41) is 33.9.